The SMILES string of the molecule is COC(=O)c1cccc2nc(CNC(=O)OCc3ccccc3)n(C)c12. The molecule has 0 unspecified atom stereocenters. The van der Waals surface area contributed by atoms with Crippen molar-refractivity contribution < 1.29 is 19.1 Å². The quantitative estimate of drug-likeness (QED) is 0.713. The van der Waals surface area contributed by atoms with Crippen LogP contribution in [0.5, 0.6) is 0 Å². The van der Waals surface area contributed by atoms with Crippen LogP contribution < -0.4 is 5.32 Å². The molecule has 0 fully saturated rings. The fraction of sp³-hybridized carbons (Fsp3) is 0.211. The number of benzene rings is 2. The highest BCUT2D eigenvalue weighted by molar-refractivity contribution is 6.02. The van der Waals surface area contributed by atoms with Gasteiger partial charge in [-0.1, -0.05) is 36.4 Å². The molecule has 0 aliphatic rings. The Morgan fingerprint density at radius 1 is 1.12 bits per heavy atom. The molecular weight excluding hydrogens is 334 g/mol. The molecule has 3 rings (SSSR count). The number of methoxy groups -OCH3 is 1. The Hall–Kier alpha value is -3.35. The number of fused-ring (bicyclic) bond motifs is 1. The summed E-state index contributed by atoms with van der Waals surface area (Å²) >= 11 is 0. The van der Waals surface area contributed by atoms with Gasteiger partial charge in [0.25, 0.3) is 0 Å². The van der Waals surface area contributed by atoms with E-state index in [1.807, 2.05) is 30.3 Å². The van der Waals surface area contributed by atoms with E-state index in [2.05, 4.69) is 10.3 Å². The Balaban J connectivity index is 1.68. The van der Waals surface area contributed by atoms with Gasteiger partial charge in [-0.25, -0.2) is 14.6 Å². The van der Waals surface area contributed by atoms with Crippen LogP contribution in [0.25, 0.3) is 11.0 Å². The third-order valence-electron chi connectivity index (χ3n) is 4.00. The Morgan fingerprint density at radius 2 is 1.88 bits per heavy atom. The van der Waals surface area contributed by atoms with Gasteiger partial charge in [-0.15, -0.1) is 0 Å². The summed E-state index contributed by atoms with van der Waals surface area (Å²) in [7, 11) is 3.12. The first kappa shape index (κ1) is 17.5. The van der Waals surface area contributed by atoms with Crippen LogP contribution in [0.1, 0.15) is 21.7 Å². The molecule has 0 radical (unpaired) electrons. The number of carbonyl (C=O) groups is 2. The van der Waals surface area contributed by atoms with Gasteiger partial charge in [0.15, 0.2) is 0 Å². The number of carbonyl (C=O) groups excluding carboxylic acids is 2. The third kappa shape index (κ3) is 3.66. The zero-order valence-corrected chi connectivity index (χ0v) is 14.6. The van der Waals surface area contributed by atoms with Gasteiger partial charge < -0.3 is 19.4 Å². The van der Waals surface area contributed by atoms with E-state index in [0.717, 1.165) is 5.56 Å². The van der Waals surface area contributed by atoms with Crippen molar-refractivity contribution in [2.75, 3.05) is 7.11 Å². The molecule has 7 heteroatoms. The molecule has 3 aromatic rings. The molecule has 1 N–H and O–H groups in total. The van der Waals surface area contributed by atoms with E-state index in [1.54, 1.807) is 29.8 Å². The molecule has 0 atom stereocenters. The van der Waals surface area contributed by atoms with Crippen LogP contribution in [0.4, 0.5) is 4.79 Å². The highest BCUT2D eigenvalue weighted by atomic mass is 16.5. The number of aromatic nitrogens is 2. The van der Waals surface area contributed by atoms with Crippen LogP contribution in [0.3, 0.4) is 0 Å². The molecule has 0 spiro atoms. The summed E-state index contributed by atoms with van der Waals surface area (Å²) in [5.41, 5.74) is 2.66. The lowest BCUT2D eigenvalue weighted by Gasteiger charge is -2.08. The van der Waals surface area contributed by atoms with E-state index >= 15 is 0 Å². The van der Waals surface area contributed by atoms with Crippen molar-refractivity contribution in [2.24, 2.45) is 7.05 Å². The number of hydrogen-bond donors (Lipinski definition) is 1. The molecule has 0 aliphatic carbocycles. The Bertz CT molecular complexity index is 935. The lowest BCUT2D eigenvalue weighted by Crippen LogP contribution is -2.25. The highest BCUT2D eigenvalue weighted by Gasteiger charge is 2.17. The van der Waals surface area contributed by atoms with Crippen LogP contribution >= 0.6 is 0 Å². The number of imidazole rings is 1. The maximum absolute atomic E-state index is 11.9. The fourth-order valence-corrected chi connectivity index (χ4v) is 2.68. The number of amides is 1. The summed E-state index contributed by atoms with van der Waals surface area (Å²) < 4.78 is 11.8. The average Bonchev–Trinajstić information content (AvgIpc) is 3.01. The summed E-state index contributed by atoms with van der Waals surface area (Å²) in [5, 5.41) is 2.67. The van der Waals surface area contributed by atoms with Crippen molar-refractivity contribution in [3.05, 3.63) is 65.5 Å². The summed E-state index contributed by atoms with van der Waals surface area (Å²) in [5.74, 6) is 0.174. The second kappa shape index (κ2) is 7.69. The number of nitrogens with one attached hydrogen (secondary N) is 1. The van der Waals surface area contributed by atoms with Gasteiger partial charge in [0, 0.05) is 7.05 Å². The van der Waals surface area contributed by atoms with Crippen molar-refractivity contribution in [3.63, 3.8) is 0 Å². The molecule has 0 bridgehead atoms. The second-order valence-electron chi connectivity index (χ2n) is 5.67. The topological polar surface area (TPSA) is 82.4 Å². The number of alkyl carbamates (subject to hydrolysis) is 1. The van der Waals surface area contributed by atoms with Gasteiger partial charge >= 0.3 is 12.1 Å². The number of rotatable bonds is 5. The first-order valence-electron chi connectivity index (χ1n) is 8.07. The lowest BCUT2D eigenvalue weighted by molar-refractivity contribution is 0.0602. The number of nitrogens with zero attached hydrogens (tertiary/aromatic N) is 2. The molecule has 134 valence electrons. The number of esters is 1. The minimum atomic E-state index is -0.533. The average molecular weight is 353 g/mol. The van der Waals surface area contributed by atoms with Gasteiger partial charge in [-0.05, 0) is 17.7 Å². The monoisotopic (exact) mass is 353 g/mol. The summed E-state index contributed by atoms with van der Waals surface area (Å²) in [6, 6.07) is 14.7. The van der Waals surface area contributed by atoms with Gasteiger partial charge in [0.2, 0.25) is 0 Å². The zero-order chi connectivity index (χ0) is 18.5. The van der Waals surface area contributed by atoms with Crippen molar-refractivity contribution in [1.29, 1.82) is 0 Å². The van der Waals surface area contributed by atoms with Crippen LogP contribution in [-0.2, 0) is 29.7 Å². The minimum absolute atomic E-state index is 0.180. The number of aryl methyl sites for hydroxylation is 1. The van der Waals surface area contributed by atoms with E-state index in [9.17, 15) is 9.59 Å². The molecule has 2 aromatic carbocycles. The zero-order valence-electron chi connectivity index (χ0n) is 14.6. The minimum Gasteiger partial charge on any atom is -0.465 e. The van der Waals surface area contributed by atoms with Crippen molar-refractivity contribution in [2.45, 2.75) is 13.2 Å². The number of para-hydroxylation sites is 1. The Labute approximate surface area is 150 Å². The summed E-state index contributed by atoms with van der Waals surface area (Å²) in [4.78, 5) is 28.3. The van der Waals surface area contributed by atoms with Gasteiger partial charge in [-0.3, -0.25) is 0 Å². The van der Waals surface area contributed by atoms with Crippen LogP contribution in [0.2, 0.25) is 0 Å². The van der Waals surface area contributed by atoms with Gasteiger partial charge in [0.1, 0.15) is 12.4 Å². The van der Waals surface area contributed by atoms with Gasteiger partial charge in [-0.2, -0.15) is 0 Å². The van der Waals surface area contributed by atoms with E-state index < -0.39 is 12.1 Å². The van der Waals surface area contributed by atoms with Gasteiger partial charge in [0.05, 0.1) is 30.3 Å². The molecule has 26 heavy (non-hydrogen) atoms. The van der Waals surface area contributed by atoms with E-state index in [1.165, 1.54) is 7.11 Å². The fourth-order valence-electron chi connectivity index (χ4n) is 2.68. The second-order valence-corrected chi connectivity index (χ2v) is 5.67. The maximum atomic E-state index is 11.9. The third-order valence-corrected chi connectivity index (χ3v) is 4.00. The molecule has 7 nitrogen and oxygen atoms in total. The Morgan fingerprint density at radius 3 is 2.62 bits per heavy atom. The standard InChI is InChI=1S/C19H19N3O4/c1-22-16(11-20-19(24)26-12-13-7-4-3-5-8-13)21-15-10-6-9-14(17(15)22)18(23)25-2/h3-10H,11-12H2,1-2H3,(H,20,24). The molecular formula is C19H19N3O4. The first-order chi connectivity index (χ1) is 12.6. The van der Waals surface area contributed by atoms with Crippen LogP contribution in [0.15, 0.2) is 48.5 Å². The lowest BCUT2D eigenvalue weighted by atomic mass is 10.2. The number of hydrogen-bond acceptors (Lipinski definition) is 5. The predicted octanol–water partition coefficient (Wildman–Crippen LogP) is 2.79. The molecule has 1 heterocycles. The van der Waals surface area contributed by atoms with E-state index in [0.29, 0.717) is 22.4 Å². The highest BCUT2D eigenvalue weighted by Crippen LogP contribution is 2.20. The van der Waals surface area contributed by atoms with Crippen LogP contribution in [0, 0.1) is 0 Å². The van der Waals surface area contributed by atoms with Crippen molar-refractivity contribution in [1.82, 2.24) is 14.9 Å². The normalized spacial score (nSPS) is 10.5. The number of ether oxygens (including phenoxy) is 2. The first-order valence-corrected chi connectivity index (χ1v) is 8.07. The summed E-state index contributed by atoms with van der Waals surface area (Å²) in [6.07, 6.45) is -0.533. The van der Waals surface area contributed by atoms with Crippen LogP contribution in [-0.4, -0.2) is 28.7 Å². The Kier molecular flexibility index (Phi) is 5.17. The predicted molar refractivity (Wildman–Crippen MR) is 95.5 cm³/mol. The van der Waals surface area contributed by atoms with Crippen molar-refractivity contribution in [3.8, 4) is 0 Å². The molecule has 0 saturated carbocycles. The smallest absolute Gasteiger partial charge is 0.407 e. The molecule has 1 aromatic heterocycles. The largest absolute Gasteiger partial charge is 0.465 e. The molecule has 1 amide bonds. The van der Waals surface area contributed by atoms with E-state index in [-0.39, 0.29) is 13.2 Å². The molecule has 0 aliphatic heterocycles. The maximum Gasteiger partial charge on any atom is 0.407 e. The molecule has 0 saturated heterocycles. The summed E-state index contributed by atoms with van der Waals surface area (Å²) in [6.45, 7) is 0.376. The van der Waals surface area contributed by atoms with E-state index in [4.69, 9.17) is 9.47 Å². The van der Waals surface area contributed by atoms with Crippen molar-refractivity contribution >= 4 is 23.1 Å².